The van der Waals surface area contributed by atoms with Gasteiger partial charge in [0.1, 0.15) is 5.82 Å². The van der Waals surface area contributed by atoms with Gasteiger partial charge in [0.15, 0.2) is 0 Å². The summed E-state index contributed by atoms with van der Waals surface area (Å²) in [5.41, 5.74) is 1.60. The molecule has 2 aliphatic rings. The van der Waals surface area contributed by atoms with Gasteiger partial charge in [0.25, 0.3) is 5.56 Å². The van der Waals surface area contributed by atoms with Gasteiger partial charge in [0, 0.05) is 43.0 Å². The molecular weight excluding hydrogens is 324 g/mol. The summed E-state index contributed by atoms with van der Waals surface area (Å²) in [4.78, 5) is 26.6. The topological polar surface area (TPSA) is 61.9 Å². The predicted octanol–water partition coefficient (Wildman–Crippen LogP) is 3.37. The Bertz CT molecular complexity index is 814. The third-order valence-corrected chi connectivity index (χ3v) is 5.52. The Hall–Kier alpha value is -2.27. The number of hydrogen-bond donors (Lipinski definition) is 1. The van der Waals surface area contributed by atoms with Gasteiger partial charge >= 0.3 is 0 Å². The van der Waals surface area contributed by atoms with E-state index in [9.17, 15) is 4.79 Å². The van der Waals surface area contributed by atoms with Crippen LogP contribution in [0.1, 0.15) is 43.8 Å². The maximum atomic E-state index is 12.2. The molecule has 5 nitrogen and oxygen atoms in total. The number of hydrogen-bond acceptors (Lipinski definition) is 4. The summed E-state index contributed by atoms with van der Waals surface area (Å²) < 4.78 is 0. The van der Waals surface area contributed by atoms with E-state index < -0.39 is 0 Å². The molecule has 1 fully saturated rings. The molecule has 26 heavy (non-hydrogen) atoms. The van der Waals surface area contributed by atoms with Crippen molar-refractivity contribution >= 4 is 0 Å². The van der Waals surface area contributed by atoms with Gasteiger partial charge in [-0.2, -0.15) is 0 Å². The Kier molecular flexibility index (Phi) is 5.25. The summed E-state index contributed by atoms with van der Waals surface area (Å²) in [6, 6.07) is 5.37. The summed E-state index contributed by atoms with van der Waals surface area (Å²) in [6.45, 7) is 3.31. The number of allylic oxidation sites excluding steroid dienone is 2. The van der Waals surface area contributed by atoms with Crippen LogP contribution in [0.3, 0.4) is 0 Å². The summed E-state index contributed by atoms with van der Waals surface area (Å²) >= 11 is 0. The minimum atomic E-state index is -0.0728. The van der Waals surface area contributed by atoms with Crippen LogP contribution in [0, 0.1) is 5.92 Å². The van der Waals surface area contributed by atoms with Gasteiger partial charge in [0.2, 0.25) is 0 Å². The van der Waals surface area contributed by atoms with Crippen molar-refractivity contribution < 1.29 is 0 Å². The fraction of sp³-hybridized carbons (Fsp3) is 0.476. The van der Waals surface area contributed by atoms with E-state index in [1.165, 1.54) is 19.3 Å². The Morgan fingerprint density at radius 3 is 2.88 bits per heavy atom. The second-order valence-corrected chi connectivity index (χ2v) is 7.50. The molecule has 1 saturated heterocycles. The third-order valence-electron chi connectivity index (χ3n) is 5.52. The molecule has 2 atom stereocenters. The maximum Gasteiger partial charge on any atom is 0.251 e. The van der Waals surface area contributed by atoms with Crippen LogP contribution < -0.4 is 5.56 Å². The standard InChI is InChI=1S/C21H26N4O/c26-20-13-19(17-8-10-22-11-9-17)23-21(24-20)18-7-4-12-25(15-18)14-16-5-2-1-3-6-16/h1-2,8-11,13,16,18H,3-7,12,14-15H2,(H,23,24,26)/t16-,18+/m1/s1. The molecule has 3 heterocycles. The summed E-state index contributed by atoms with van der Waals surface area (Å²) in [5.74, 6) is 1.91. The van der Waals surface area contributed by atoms with Crippen LogP contribution in [0.5, 0.6) is 0 Å². The number of H-pyrrole nitrogens is 1. The molecule has 2 aromatic heterocycles. The number of likely N-dealkylation sites (tertiary alicyclic amines) is 1. The zero-order chi connectivity index (χ0) is 17.8. The van der Waals surface area contributed by atoms with Crippen molar-refractivity contribution in [3.8, 4) is 11.3 Å². The van der Waals surface area contributed by atoms with E-state index in [1.807, 2.05) is 12.1 Å². The van der Waals surface area contributed by atoms with Gasteiger partial charge in [-0.3, -0.25) is 9.78 Å². The minimum absolute atomic E-state index is 0.0728. The highest BCUT2D eigenvalue weighted by molar-refractivity contribution is 5.57. The largest absolute Gasteiger partial charge is 0.310 e. The average Bonchev–Trinajstić information content (AvgIpc) is 2.69. The van der Waals surface area contributed by atoms with Gasteiger partial charge in [0.05, 0.1) is 5.69 Å². The van der Waals surface area contributed by atoms with Crippen LogP contribution in [0.25, 0.3) is 11.3 Å². The van der Waals surface area contributed by atoms with Crippen molar-refractivity contribution in [1.29, 1.82) is 0 Å². The lowest BCUT2D eigenvalue weighted by molar-refractivity contribution is 0.171. The molecule has 5 heteroatoms. The normalized spacial score (nSPS) is 23.8. The zero-order valence-corrected chi connectivity index (χ0v) is 15.1. The van der Waals surface area contributed by atoms with Crippen molar-refractivity contribution in [2.24, 2.45) is 5.92 Å². The van der Waals surface area contributed by atoms with Gasteiger partial charge < -0.3 is 9.88 Å². The van der Waals surface area contributed by atoms with Crippen LogP contribution in [0.15, 0.2) is 47.5 Å². The van der Waals surface area contributed by atoms with Crippen molar-refractivity contribution in [2.75, 3.05) is 19.6 Å². The van der Waals surface area contributed by atoms with E-state index in [4.69, 9.17) is 4.98 Å². The quantitative estimate of drug-likeness (QED) is 0.859. The highest BCUT2D eigenvalue weighted by Crippen LogP contribution is 2.27. The van der Waals surface area contributed by atoms with E-state index in [2.05, 4.69) is 27.0 Å². The molecule has 1 aliphatic heterocycles. The molecular formula is C21H26N4O. The lowest BCUT2D eigenvalue weighted by Crippen LogP contribution is -2.38. The number of piperidine rings is 1. The molecule has 4 rings (SSSR count). The number of aromatic amines is 1. The molecule has 136 valence electrons. The van der Waals surface area contributed by atoms with Crippen LogP contribution in [0.4, 0.5) is 0 Å². The van der Waals surface area contributed by atoms with Gasteiger partial charge in [-0.1, -0.05) is 12.2 Å². The van der Waals surface area contributed by atoms with E-state index in [0.717, 1.165) is 55.5 Å². The summed E-state index contributed by atoms with van der Waals surface area (Å²) in [6.07, 6.45) is 14.1. The molecule has 0 unspecified atom stereocenters. The van der Waals surface area contributed by atoms with Crippen LogP contribution in [0.2, 0.25) is 0 Å². The molecule has 0 bridgehead atoms. The Labute approximate surface area is 154 Å². The average molecular weight is 350 g/mol. The van der Waals surface area contributed by atoms with Crippen molar-refractivity contribution in [1.82, 2.24) is 19.9 Å². The molecule has 1 aliphatic carbocycles. The fourth-order valence-electron chi connectivity index (χ4n) is 4.17. The van der Waals surface area contributed by atoms with Crippen molar-refractivity contribution in [3.63, 3.8) is 0 Å². The molecule has 1 N–H and O–H groups in total. The summed E-state index contributed by atoms with van der Waals surface area (Å²) in [7, 11) is 0. The van der Waals surface area contributed by atoms with Crippen LogP contribution >= 0.6 is 0 Å². The number of pyridine rings is 1. The van der Waals surface area contributed by atoms with Gasteiger partial charge in [-0.05, 0) is 56.7 Å². The van der Waals surface area contributed by atoms with Crippen molar-refractivity contribution in [3.05, 3.63) is 58.9 Å². The predicted molar refractivity (Wildman–Crippen MR) is 103 cm³/mol. The van der Waals surface area contributed by atoms with E-state index in [0.29, 0.717) is 5.92 Å². The Balaban J connectivity index is 1.50. The lowest BCUT2D eigenvalue weighted by Gasteiger charge is -2.35. The van der Waals surface area contributed by atoms with Crippen molar-refractivity contribution in [2.45, 2.75) is 38.0 Å². The molecule has 2 aromatic rings. The van der Waals surface area contributed by atoms with E-state index in [-0.39, 0.29) is 5.56 Å². The number of aromatic nitrogens is 3. The maximum absolute atomic E-state index is 12.2. The highest BCUT2D eigenvalue weighted by Gasteiger charge is 2.25. The number of rotatable bonds is 4. The highest BCUT2D eigenvalue weighted by atomic mass is 16.1. The molecule has 0 saturated carbocycles. The minimum Gasteiger partial charge on any atom is -0.310 e. The Morgan fingerprint density at radius 1 is 1.19 bits per heavy atom. The number of nitrogens with zero attached hydrogens (tertiary/aromatic N) is 3. The molecule has 0 spiro atoms. The SMILES string of the molecule is O=c1cc(-c2ccncc2)nc([C@H]2CCCN(C[C@@H]3CC=CCC3)C2)[nH]1. The van der Waals surface area contributed by atoms with Crippen LogP contribution in [-0.2, 0) is 0 Å². The molecule has 0 amide bonds. The molecule has 0 radical (unpaired) electrons. The Morgan fingerprint density at radius 2 is 2.08 bits per heavy atom. The van der Waals surface area contributed by atoms with E-state index in [1.54, 1.807) is 18.5 Å². The second-order valence-electron chi connectivity index (χ2n) is 7.50. The number of nitrogens with one attached hydrogen (secondary N) is 1. The first-order valence-corrected chi connectivity index (χ1v) is 9.67. The fourth-order valence-corrected chi connectivity index (χ4v) is 4.17. The van der Waals surface area contributed by atoms with Gasteiger partial charge in [-0.25, -0.2) is 4.98 Å². The third kappa shape index (κ3) is 4.10. The van der Waals surface area contributed by atoms with Crippen LogP contribution in [-0.4, -0.2) is 39.5 Å². The van der Waals surface area contributed by atoms with E-state index >= 15 is 0 Å². The van der Waals surface area contributed by atoms with Gasteiger partial charge in [-0.15, -0.1) is 0 Å². The smallest absolute Gasteiger partial charge is 0.251 e. The monoisotopic (exact) mass is 350 g/mol. The zero-order valence-electron chi connectivity index (χ0n) is 15.1. The first-order chi connectivity index (χ1) is 12.8. The first-order valence-electron chi connectivity index (χ1n) is 9.67. The summed E-state index contributed by atoms with van der Waals surface area (Å²) in [5, 5.41) is 0. The molecule has 0 aromatic carbocycles. The lowest BCUT2D eigenvalue weighted by atomic mass is 9.91. The first kappa shape index (κ1) is 17.2. The second kappa shape index (κ2) is 7.96.